The quantitative estimate of drug-likeness (QED) is 0.621. The number of halogens is 3. The fourth-order valence-electron chi connectivity index (χ4n) is 3.34. The van der Waals surface area contributed by atoms with Crippen molar-refractivity contribution >= 4 is 17.5 Å². The molecule has 7 nitrogen and oxygen atoms in total. The first-order valence-corrected chi connectivity index (χ1v) is 9.96. The average molecular weight is 442 g/mol. The van der Waals surface area contributed by atoms with E-state index in [9.17, 15) is 18.0 Å². The average Bonchev–Trinajstić information content (AvgIpc) is 2.72. The van der Waals surface area contributed by atoms with Crippen LogP contribution in [0.1, 0.15) is 18.3 Å². The summed E-state index contributed by atoms with van der Waals surface area (Å²) in [6.07, 6.45) is 2.75. The molecule has 3 aromatic rings. The Labute approximate surface area is 182 Å². The van der Waals surface area contributed by atoms with Gasteiger partial charge >= 0.3 is 6.03 Å². The molecule has 0 saturated carbocycles. The lowest BCUT2D eigenvalue weighted by molar-refractivity contribution is 0.0166. The van der Waals surface area contributed by atoms with Crippen LogP contribution >= 0.6 is 0 Å². The fraction of sp³-hybridized carbons (Fsp3) is 0.273. The van der Waals surface area contributed by atoms with Crippen molar-refractivity contribution in [2.75, 3.05) is 24.1 Å². The standard InChI is InChI=1S/C22H21F3N6O/c1-22(24,25)15-9-27-19(28-10-15)8-13-11-31(12-13)21(32)30-20-17(26)6-7-18(29-20)14-2-4-16(23)5-3-14/h2-7,9-10,13H,8,11-12,26H2,1H3,(H,29,30,32). The van der Waals surface area contributed by atoms with Gasteiger partial charge < -0.3 is 10.6 Å². The van der Waals surface area contributed by atoms with Gasteiger partial charge in [0.05, 0.1) is 16.9 Å². The van der Waals surface area contributed by atoms with Gasteiger partial charge in [0.1, 0.15) is 11.6 Å². The minimum Gasteiger partial charge on any atom is -0.396 e. The number of aromatic nitrogens is 3. The van der Waals surface area contributed by atoms with Gasteiger partial charge in [-0.15, -0.1) is 0 Å². The van der Waals surface area contributed by atoms with Crippen LogP contribution in [0.3, 0.4) is 0 Å². The zero-order valence-corrected chi connectivity index (χ0v) is 17.2. The van der Waals surface area contributed by atoms with Crippen molar-refractivity contribution in [3.63, 3.8) is 0 Å². The van der Waals surface area contributed by atoms with Gasteiger partial charge in [-0.05, 0) is 36.4 Å². The van der Waals surface area contributed by atoms with Crippen LogP contribution in [-0.4, -0.2) is 39.0 Å². The number of hydrogen-bond donors (Lipinski definition) is 2. The van der Waals surface area contributed by atoms with E-state index in [-0.39, 0.29) is 29.1 Å². The highest BCUT2D eigenvalue weighted by Gasteiger charge is 2.32. The third kappa shape index (κ3) is 4.79. The molecule has 1 saturated heterocycles. The van der Waals surface area contributed by atoms with Crippen molar-refractivity contribution in [3.8, 4) is 11.3 Å². The predicted octanol–water partition coefficient (Wildman–Crippen LogP) is 4.08. The van der Waals surface area contributed by atoms with Gasteiger partial charge in [0.25, 0.3) is 5.92 Å². The zero-order valence-electron chi connectivity index (χ0n) is 17.2. The van der Waals surface area contributed by atoms with Crippen molar-refractivity contribution in [1.29, 1.82) is 0 Å². The molecule has 4 rings (SSSR count). The van der Waals surface area contributed by atoms with Crippen LogP contribution in [0, 0.1) is 11.7 Å². The van der Waals surface area contributed by atoms with Crippen LogP contribution in [-0.2, 0) is 12.3 Å². The smallest absolute Gasteiger partial charge is 0.323 e. The highest BCUT2D eigenvalue weighted by atomic mass is 19.3. The summed E-state index contributed by atoms with van der Waals surface area (Å²) < 4.78 is 39.6. The van der Waals surface area contributed by atoms with E-state index >= 15 is 0 Å². The number of nitrogens with two attached hydrogens (primary N) is 1. The summed E-state index contributed by atoms with van der Waals surface area (Å²) in [7, 11) is 0. The van der Waals surface area contributed by atoms with E-state index in [1.165, 1.54) is 12.1 Å². The van der Waals surface area contributed by atoms with Gasteiger partial charge in [-0.2, -0.15) is 0 Å². The normalized spacial score (nSPS) is 14.2. The second kappa shape index (κ2) is 8.45. The second-order valence-corrected chi connectivity index (χ2v) is 7.82. The van der Waals surface area contributed by atoms with Crippen molar-refractivity contribution in [2.24, 2.45) is 5.92 Å². The first-order valence-electron chi connectivity index (χ1n) is 9.96. The molecule has 1 aromatic carbocycles. The Morgan fingerprint density at radius 2 is 1.81 bits per heavy atom. The molecule has 3 heterocycles. The van der Waals surface area contributed by atoms with Gasteiger partial charge in [-0.25, -0.2) is 32.9 Å². The predicted molar refractivity (Wildman–Crippen MR) is 113 cm³/mol. The topological polar surface area (TPSA) is 97.0 Å². The van der Waals surface area contributed by atoms with Crippen LogP contribution in [0.4, 0.5) is 29.5 Å². The van der Waals surface area contributed by atoms with Crippen molar-refractivity contribution in [3.05, 3.63) is 66.0 Å². The number of nitrogens with one attached hydrogen (secondary N) is 1. The number of pyridine rings is 1. The SMILES string of the molecule is CC(F)(F)c1cnc(CC2CN(C(=O)Nc3nc(-c4ccc(F)cc4)ccc3N)C2)nc1. The maximum Gasteiger partial charge on any atom is 0.323 e. The number of nitrogen functional groups attached to an aromatic ring is 1. The molecule has 0 bridgehead atoms. The number of benzene rings is 1. The number of hydrogen-bond acceptors (Lipinski definition) is 5. The Hall–Kier alpha value is -3.69. The summed E-state index contributed by atoms with van der Waals surface area (Å²) in [5, 5.41) is 2.70. The number of amides is 2. The number of likely N-dealkylation sites (tertiary alicyclic amines) is 1. The molecule has 10 heteroatoms. The molecule has 0 spiro atoms. The maximum atomic E-state index is 13.3. The van der Waals surface area contributed by atoms with E-state index in [1.54, 1.807) is 29.2 Å². The van der Waals surface area contributed by atoms with Gasteiger partial charge in [0, 0.05) is 50.3 Å². The number of rotatable bonds is 5. The van der Waals surface area contributed by atoms with E-state index in [2.05, 4.69) is 20.3 Å². The van der Waals surface area contributed by atoms with Crippen LogP contribution in [0.2, 0.25) is 0 Å². The van der Waals surface area contributed by atoms with Crippen LogP contribution in [0.5, 0.6) is 0 Å². The van der Waals surface area contributed by atoms with Crippen molar-refractivity contribution in [2.45, 2.75) is 19.3 Å². The summed E-state index contributed by atoms with van der Waals surface area (Å²) in [6.45, 7) is 1.74. The van der Waals surface area contributed by atoms with E-state index in [4.69, 9.17) is 5.73 Å². The summed E-state index contributed by atoms with van der Waals surface area (Å²) in [4.78, 5) is 26.5. The lowest BCUT2D eigenvalue weighted by atomic mass is 9.96. The molecule has 2 aromatic heterocycles. The third-order valence-electron chi connectivity index (χ3n) is 5.22. The lowest BCUT2D eigenvalue weighted by Gasteiger charge is -2.38. The molecule has 0 unspecified atom stereocenters. The molecule has 32 heavy (non-hydrogen) atoms. The van der Waals surface area contributed by atoms with E-state index in [0.717, 1.165) is 19.3 Å². The lowest BCUT2D eigenvalue weighted by Crippen LogP contribution is -2.52. The van der Waals surface area contributed by atoms with E-state index < -0.39 is 5.92 Å². The fourth-order valence-corrected chi connectivity index (χ4v) is 3.34. The summed E-state index contributed by atoms with van der Waals surface area (Å²) >= 11 is 0. The van der Waals surface area contributed by atoms with E-state index in [1.807, 2.05) is 0 Å². The van der Waals surface area contributed by atoms with Crippen LogP contribution < -0.4 is 11.1 Å². The highest BCUT2D eigenvalue weighted by molar-refractivity contribution is 5.92. The highest BCUT2D eigenvalue weighted by Crippen LogP contribution is 2.27. The Morgan fingerprint density at radius 3 is 2.44 bits per heavy atom. The number of carbonyl (C=O) groups excluding carboxylic acids is 1. The molecule has 1 aliphatic rings. The number of alkyl halides is 2. The number of urea groups is 1. The molecular formula is C22H21F3N6O. The molecule has 1 fully saturated rings. The molecular weight excluding hydrogens is 421 g/mol. The first-order chi connectivity index (χ1) is 15.2. The maximum absolute atomic E-state index is 13.3. The molecule has 3 N–H and O–H groups in total. The number of anilines is 2. The van der Waals surface area contributed by atoms with Crippen LogP contribution in [0.25, 0.3) is 11.3 Å². The Bertz CT molecular complexity index is 1110. The summed E-state index contributed by atoms with van der Waals surface area (Å²) in [5.74, 6) is -2.52. The van der Waals surface area contributed by atoms with Gasteiger partial charge in [0.2, 0.25) is 0 Å². The molecule has 0 aliphatic carbocycles. The Morgan fingerprint density at radius 1 is 1.16 bits per heavy atom. The molecule has 0 atom stereocenters. The van der Waals surface area contributed by atoms with Gasteiger partial charge in [-0.1, -0.05) is 0 Å². The summed E-state index contributed by atoms with van der Waals surface area (Å²) in [6, 6.07) is 8.82. The minimum atomic E-state index is -2.98. The van der Waals surface area contributed by atoms with Crippen molar-refractivity contribution in [1.82, 2.24) is 19.9 Å². The summed E-state index contributed by atoms with van der Waals surface area (Å²) in [5.41, 5.74) is 7.26. The molecule has 2 amide bonds. The zero-order chi connectivity index (χ0) is 22.9. The Kier molecular flexibility index (Phi) is 5.68. The van der Waals surface area contributed by atoms with Crippen LogP contribution in [0.15, 0.2) is 48.8 Å². The second-order valence-electron chi connectivity index (χ2n) is 7.82. The first kappa shape index (κ1) is 21.5. The van der Waals surface area contributed by atoms with E-state index in [0.29, 0.717) is 42.3 Å². The monoisotopic (exact) mass is 442 g/mol. The molecule has 166 valence electrons. The van der Waals surface area contributed by atoms with Crippen molar-refractivity contribution < 1.29 is 18.0 Å². The largest absolute Gasteiger partial charge is 0.396 e. The van der Waals surface area contributed by atoms with Gasteiger partial charge in [-0.3, -0.25) is 5.32 Å². The third-order valence-corrected chi connectivity index (χ3v) is 5.22. The Balaban J connectivity index is 1.34. The van der Waals surface area contributed by atoms with Gasteiger partial charge in [0.15, 0.2) is 5.82 Å². The number of carbonyl (C=O) groups is 1. The minimum absolute atomic E-state index is 0.129. The number of nitrogens with zero attached hydrogens (tertiary/aromatic N) is 4. The molecule has 1 aliphatic heterocycles. The molecule has 0 radical (unpaired) electrons.